The van der Waals surface area contributed by atoms with Crippen molar-refractivity contribution in [2.45, 2.75) is 12.8 Å². The van der Waals surface area contributed by atoms with Gasteiger partial charge in [0.05, 0.1) is 5.92 Å². The van der Waals surface area contributed by atoms with E-state index in [9.17, 15) is 14.0 Å². The molecule has 1 aromatic heterocycles. The smallest absolute Gasteiger partial charge is 0.227 e. The molecule has 1 unspecified atom stereocenters. The van der Waals surface area contributed by atoms with Gasteiger partial charge in [0, 0.05) is 43.2 Å². The Kier molecular flexibility index (Phi) is 5.79. The van der Waals surface area contributed by atoms with Crippen LogP contribution in [-0.4, -0.2) is 34.9 Å². The van der Waals surface area contributed by atoms with Gasteiger partial charge in [-0.3, -0.25) is 9.59 Å². The maximum Gasteiger partial charge on any atom is 0.227 e. The molecule has 30 heavy (non-hydrogen) atoms. The number of benzene rings is 2. The number of carbonyl (C=O) groups is 2. The molecule has 1 aliphatic rings. The quantitative estimate of drug-likeness (QED) is 0.685. The molecule has 0 spiro atoms. The summed E-state index contributed by atoms with van der Waals surface area (Å²) in [4.78, 5) is 35.0. The lowest BCUT2D eigenvalue weighted by Gasteiger charge is -2.16. The zero-order valence-electron chi connectivity index (χ0n) is 16.3. The first-order valence-electron chi connectivity index (χ1n) is 9.80. The number of nitrogens with zero attached hydrogens (tertiary/aromatic N) is 3. The van der Waals surface area contributed by atoms with E-state index in [1.54, 1.807) is 24.5 Å². The number of amides is 2. The number of hydrogen-bond acceptors (Lipinski definition) is 4. The second-order valence-electron chi connectivity index (χ2n) is 7.20. The number of carbonyl (C=O) groups excluding carboxylic acids is 2. The van der Waals surface area contributed by atoms with Crippen LogP contribution < -0.4 is 10.2 Å². The first-order valence-corrected chi connectivity index (χ1v) is 9.80. The highest BCUT2D eigenvalue weighted by molar-refractivity contribution is 6.00. The van der Waals surface area contributed by atoms with E-state index in [4.69, 9.17) is 0 Å². The summed E-state index contributed by atoms with van der Waals surface area (Å²) in [6.45, 7) is 0.735. The first-order chi connectivity index (χ1) is 14.6. The van der Waals surface area contributed by atoms with E-state index in [1.165, 1.54) is 17.0 Å². The van der Waals surface area contributed by atoms with Crippen molar-refractivity contribution >= 4 is 17.5 Å². The predicted molar refractivity (Wildman–Crippen MR) is 111 cm³/mol. The average Bonchev–Trinajstić information content (AvgIpc) is 3.17. The van der Waals surface area contributed by atoms with Crippen LogP contribution in [0.15, 0.2) is 67.0 Å². The van der Waals surface area contributed by atoms with Crippen molar-refractivity contribution in [2.75, 3.05) is 18.0 Å². The summed E-state index contributed by atoms with van der Waals surface area (Å²) in [7, 11) is 0. The van der Waals surface area contributed by atoms with Gasteiger partial charge < -0.3 is 10.2 Å². The molecule has 0 aliphatic carbocycles. The zero-order chi connectivity index (χ0) is 20.9. The molecular formula is C23H21FN4O2. The Morgan fingerprint density at radius 2 is 1.77 bits per heavy atom. The summed E-state index contributed by atoms with van der Waals surface area (Å²) >= 11 is 0. The summed E-state index contributed by atoms with van der Waals surface area (Å²) in [6.07, 6.45) is 4.27. The van der Waals surface area contributed by atoms with Crippen molar-refractivity contribution in [1.29, 1.82) is 0 Å². The fourth-order valence-electron chi connectivity index (χ4n) is 3.45. The SMILES string of the molecule is O=C(NCCc1cnc(-c2ccccc2)nc1)C1CC(=O)N(c2ccc(F)cc2)C1. The topological polar surface area (TPSA) is 75.2 Å². The number of rotatable bonds is 6. The van der Waals surface area contributed by atoms with Gasteiger partial charge in [-0.05, 0) is 36.2 Å². The lowest BCUT2D eigenvalue weighted by molar-refractivity contribution is -0.126. The minimum absolute atomic E-state index is 0.133. The predicted octanol–water partition coefficient (Wildman–Crippen LogP) is 2.99. The first kappa shape index (κ1) is 19.7. The monoisotopic (exact) mass is 404 g/mol. The van der Waals surface area contributed by atoms with E-state index >= 15 is 0 Å². The van der Waals surface area contributed by atoms with Crippen molar-refractivity contribution < 1.29 is 14.0 Å². The number of halogens is 1. The highest BCUT2D eigenvalue weighted by Gasteiger charge is 2.34. The number of aromatic nitrogens is 2. The van der Waals surface area contributed by atoms with Crippen LogP contribution in [0.2, 0.25) is 0 Å². The number of anilines is 1. The third kappa shape index (κ3) is 4.51. The molecule has 0 saturated carbocycles. The van der Waals surface area contributed by atoms with E-state index < -0.39 is 5.92 Å². The fourth-order valence-corrected chi connectivity index (χ4v) is 3.45. The van der Waals surface area contributed by atoms with Crippen LogP contribution in [0, 0.1) is 11.7 Å². The molecule has 152 valence electrons. The van der Waals surface area contributed by atoms with Crippen molar-refractivity contribution in [3.63, 3.8) is 0 Å². The van der Waals surface area contributed by atoms with E-state index in [0.29, 0.717) is 31.0 Å². The van der Waals surface area contributed by atoms with Gasteiger partial charge in [0.1, 0.15) is 5.82 Å². The number of nitrogens with one attached hydrogen (secondary N) is 1. The molecule has 4 rings (SSSR count). The minimum Gasteiger partial charge on any atom is -0.355 e. The molecule has 1 N–H and O–H groups in total. The molecule has 0 radical (unpaired) electrons. The van der Waals surface area contributed by atoms with Crippen molar-refractivity contribution in [3.8, 4) is 11.4 Å². The van der Waals surface area contributed by atoms with E-state index in [2.05, 4.69) is 15.3 Å². The molecule has 1 atom stereocenters. The maximum absolute atomic E-state index is 13.1. The Morgan fingerprint density at radius 1 is 1.07 bits per heavy atom. The number of hydrogen-bond donors (Lipinski definition) is 1. The molecule has 3 aromatic rings. The van der Waals surface area contributed by atoms with Gasteiger partial charge in [-0.1, -0.05) is 30.3 Å². The molecular weight excluding hydrogens is 383 g/mol. The molecule has 1 fully saturated rings. The highest BCUT2D eigenvalue weighted by Crippen LogP contribution is 2.25. The normalized spacial score (nSPS) is 16.0. The van der Waals surface area contributed by atoms with Crippen LogP contribution in [-0.2, 0) is 16.0 Å². The summed E-state index contributed by atoms with van der Waals surface area (Å²) in [5, 5.41) is 2.89. The second kappa shape index (κ2) is 8.82. The third-order valence-corrected chi connectivity index (χ3v) is 5.08. The molecule has 1 saturated heterocycles. The van der Waals surface area contributed by atoms with Crippen LogP contribution in [0.3, 0.4) is 0 Å². The average molecular weight is 404 g/mol. The van der Waals surface area contributed by atoms with Crippen LogP contribution in [0.1, 0.15) is 12.0 Å². The van der Waals surface area contributed by atoms with Gasteiger partial charge in [-0.15, -0.1) is 0 Å². The standard InChI is InChI=1S/C23H21FN4O2/c24-19-6-8-20(9-7-19)28-15-18(12-21(28)29)23(30)25-11-10-16-13-26-22(27-14-16)17-4-2-1-3-5-17/h1-9,13-14,18H,10-12,15H2,(H,25,30). The van der Waals surface area contributed by atoms with Gasteiger partial charge in [-0.2, -0.15) is 0 Å². The molecule has 2 heterocycles. The van der Waals surface area contributed by atoms with E-state index in [1.807, 2.05) is 30.3 Å². The fraction of sp³-hybridized carbons (Fsp3) is 0.217. The molecule has 2 amide bonds. The summed E-state index contributed by atoms with van der Waals surface area (Å²) in [5.74, 6) is -0.407. The van der Waals surface area contributed by atoms with Gasteiger partial charge in [0.25, 0.3) is 0 Å². The van der Waals surface area contributed by atoms with E-state index in [0.717, 1.165) is 11.1 Å². The highest BCUT2D eigenvalue weighted by atomic mass is 19.1. The minimum atomic E-state index is -0.417. The van der Waals surface area contributed by atoms with Gasteiger partial charge in [0.15, 0.2) is 5.82 Å². The van der Waals surface area contributed by atoms with Gasteiger partial charge in [0.2, 0.25) is 11.8 Å². The van der Waals surface area contributed by atoms with Crippen molar-refractivity contribution in [3.05, 3.63) is 78.4 Å². The Hall–Kier alpha value is -3.61. The Bertz CT molecular complexity index is 1020. The second-order valence-corrected chi connectivity index (χ2v) is 7.20. The Labute approximate surface area is 173 Å². The Morgan fingerprint density at radius 3 is 2.47 bits per heavy atom. The van der Waals surface area contributed by atoms with Crippen LogP contribution in [0.25, 0.3) is 11.4 Å². The van der Waals surface area contributed by atoms with Gasteiger partial charge >= 0.3 is 0 Å². The lowest BCUT2D eigenvalue weighted by Crippen LogP contribution is -2.34. The molecule has 6 nitrogen and oxygen atoms in total. The van der Waals surface area contributed by atoms with Crippen LogP contribution in [0.5, 0.6) is 0 Å². The largest absolute Gasteiger partial charge is 0.355 e. The van der Waals surface area contributed by atoms with Crippen LogP contribution in [0.4, 0.5) is 10.1 Å². The summed E-state index contributed by atoms with van der Waals surface area (Å²) in [5.41, 5.74) is 2.48. The zero-order valence-corrected chi connectivity index (χ0v) is 16.3. The molecule has 1 aliphatic heterocycles. The third-order valence-electron chi connectivity index (χ3n) is 5.08. The molecule has 7 heteroatoms. The maximum atomic E-state index is 13.1. The van der Waals surface area contributed by atoms with Crippen molar-refractivity contribution in [1.82, 2.24) is 15.3 Å². The Balaban J connectivity index is 1.28. The van der Waals surface area contributed by atoms with Crippen LogP contribution >= 0.6 is 0 Å². The lowest BCUT2D eigenvalue weighted by atomic mass is 10.1. The van der Waals surface area contributed by atoms with Crippen molar-refractivity contribution in [2.24, 2.45) is 5.92 Å². The van der Waals surface area contributed by atoms with E-state index in [-0.39, 0.29) is 24.1 Å². The molecule has 2 aromatic carbocycles. The summed E-state index contributed by atoms with van der Waals surface area (Å²) < 4.78 is 13.1. The summed E-state index contributed by atoms with van der Waals surface area (Å²) in [6, 6.07) is 15.4. The van der Waals surface area contributed by atoms with Gasteiger partial charge in [-0.25, -0.2) is 14.4 Å². The molecule has 0 bridgehead atoms.